The molecule has 2 heterocycles. The number of aromatic nitrogens is 1. The Morgan fingerprint density at radius 2 is 2.11 bits per heavy atom. The number of carbonyl (C=O) groups excluding carboxylic acids is 1. The van der Waals surface area contributed by atoms with E-state index in [4.69, 9.17) is 5.11 Å². The lowest BCUT2D eigenvalue weighted by molar-refractivity contribution is -0.138. The minimum Gasteiger partial charge on any atom is -0.481 e. The van der Waals surface area contributed by atoms with Crippen molar-refractivity contribution in [3.8, 4) is 0 Å². The van der Waals surface area contributed by atoms with E-state index < -0.39 is 5.97 Å². The van der Waals surface area contributed by atoms with Crippen LogP contribution in [-0.4, -0.2) is 40.0 Å². The van der Waals surface area contributed by atoms with Crippen LogP contribution in [0.5, 0.6) is 0 Å². The molecule has 0 saturated carbocycles. The van der Waals surface area contributed by atoms with Crippen LogP contribution in [0.2, 0.25) is 0 Å². The topological polar surface area (TPSA) is 70.5 Å². The van der Waals surface area contributed by atoms with Gasteiger partial charge in [-0.05, 0) is 46.8 Å². The van der Waals surface area contributed by atoms with Gasteiger partial charge in [0, 0.05) is 25.7 Å². The van der Waals surface area contributed by atoms with Gasteiger partial charge < -0.3 is 10.0 Å². The third-order valence-electron chi connectivity index (χ3n) is 3.35. The molecule has 1 amide bonds. The Labute approximate surface area is 119 Å². The van der Waals surface area contributed by atoms with Crippen LogP contribution in [0.25, 0.3) is 0 Å². The highest BCUT2D eigenvalue weighted by Crippen LogP contribution is 2.23. The number of carboxylic acids is 1. The SMILES string of the molecule is O=C(O)CC1CCN(C(=O)c2cccnc2Br)CC1. The minimum atomic E-state index is -0.764. The third kappa shape index (κ3) is 3.53. The van der Waals surface area contributed by atoms with Gasteiger partial charge in [-0.3, -0.25) is 9.59 Å². The molecule has 0 aromatic carbocycles. The maximum absolute atomic E-state index is 12.3. The van der Waals surface area contributed by atoms with Gasteiger partial charge in [0.05, 0.1) is 5.56 Å². The number of hydrogen-bond acceptors (Lipinski definition) is 3. The highest BCUT2D eigenvalue weighted by Gasteiger charge is 2.25. The van der Waals surface area contributed by atoms with E-state index in [0.29, 0.717) is 23.3 Å². The molecule has 0 aliphatic carbocycles. The molecule has 0 unspecified atom stereocenters. The largest absolute Gasteiger partial charge is 0.481 e. The smallest absolute Gasteiger partial charge is 0.303 e. The lowest BCUT2D eigenvalue weighted by atomic mass is 9.93. The number of halogens is 1. The lowest BCUT2D eigenvalue weighted by Gasteiger charge is -2.31. The number of pyridine rings is 1. The molecule has 1 aromatic rings. The lowest BCUT2D eigenvalue weighted by Crippen LogP contribution is -2.39. The molecule has 0 radical (unpaired) electrons. The predicted octanol–water partition coefficient (Wildman–Crippen LogP) is 2.17. The van der Waals surface area contributed by atoms with Gasteiger partial charge in [-0.2, -0.15) is 0 Å². The van der Waals surface area contributed by atoms with Crippen LogP contribution in [0, 0.1) is 5.92 Å². The van der Waals surface area contributed by atoms with Crippen LogP contribution in [0.3, 0.4) is 0 Å². The number of piperidine rings is 1. The van der Waals surface area contributed by atoms with Gasteiger partial charge in [0.2, 0.25) is 0 Å². The second kappa shape index (κ2) is 6.14. The number of likely N-dealkylation sites (tertiary alicyclic amines) is 1. The zero-order chi connectivity index (χ0) is 13.8. The van der Waals surface area contributed by atoms with Gasteiger partial charge in [0.25, 0.3) is 5.91 Å². The third-order valence-corrected chi connectivity index (χ3v) is 3.99. The van der Waals surface area contributed by atoms with E-state index >= 15 is 0 Å². The average molecular weight is 327 g/mol. The second-order valence-electron chi connectivity index (χ2n) is 4.68. The predicted molar refractivity (Wildman–Crippen MR) is 72.8 cm³/mol. The summed E-state index contributed by atoms with van der Waals surface area (Å²) in [5.41, 5.74) is 0.555. The fourth-order valence-electron chi connectivity index (χ4n) is 2.30. The molecule has 19 heavy (non-hydrogen) atoms. The maximum atomic E-state index is 12.3. The summed E-state index contributed by atoms with van der Waals surface area (Å²) >= 11 is 3.27. The van der Waals surface area contributed by atoms with Crippen molar-refractivity contribution in [3.05, 3.63) is 28.5 Å². The van der Waals surface area contributed by atoms with E-state index in [0.717, 1.165) is 12.8 Å². The fourth-order valence-corrected chi connectivity index (χ4v) is 2.72. The van der Waals surface area contributed by atoms with Crippen molar-refractivity contribution in [2.24, 2.45) is 5.92 Å². The van der Waals surface area contributed by atoms with E-state index in [-0.39, 0.29) is 18.2 Å². The summed E-state index contributed by atoms with van der Waals surface area (Å²) in [5.74, 6) is -0.632. The first kappa shape index (κ1) is 14.0. The van der Waals surface area contributed by atoms with Gasteiger partial charge in [-0.15, -0.1) is 0 Å². The number of rotatable bonds is 3. The Morgan fingerprint density at radius 3 is 2.68 bits per heavy atom. The van der Waals surface area contributed by atoms with Crippen molar-refractivity contribution in [1.29, 1.82) is 0 Å². The molecule has 0 atom stereocenters. The average Bonchev–Trinajstić information content (AvgIpc) is 2.39. The van der Waals surface area contributed by atoms with E-state index in [2.05, 4.69) is 20.9 Å². The summed E-state index contributed by atoms with van der Waals surface area (Å²) in [7, 11) is 0. The maximum Gasteiger partial charge on any atom is 0.303 e. The Kier molecular flexibility index (Phi) is 4.52. The van der Waals surface area contributed by atoms with E-state index in [9.17, 15) is 9.59 Å². The molecule has 1 aliphatic heterocycles. The van der Waals surface area contributed by atoms with Crippen molar-refractivity contribution >= 4 is 27.8 Å². The first-order chi connectivity index (χ1) is 9.08. The first-order valence-electron chi connectivity index (χ1n) is 6.19. The van der Waals surface area contributed by atoms with Crippen molar-refractivity contribution < 1.29 is 14.7 Å². The monoisotopic (exact) mass is 326 g/mol. The zero-order valence-electron chi connectivity index (χ0n) is 10.4. The van der Waals surface area contributed by atoms with E-state index in [1.165, 1.54) is 0 Å². The number of aliphatic carboxylic acids is 1. The molecule has 102 valence electrons. The quantitative estimate of drug-likeness (QED) is 0.864. The Morgan fingerprint density at radius 1 is 1.42 bits per heavy atom. The Hall–Kier alpha value is -1.43. The molecule has 1 fully saturated rings. The van der Waals surface area contributed by atoms with Gasteiger partial charge >= 0.3 is 5.97 Å². The van der Waals surface area contributed by atoms with Crippen LogP contribution in [0.1, 0.15) is 29.6 Å². The number of hydrogen-bond donors (Lipinski definition) is 1. The summed E-state index contributed by atoms with van der Waals surface area (Å²) in [6, 6.07) is 3.47. The standard InChI is InChI=1S/C13H15BrN2O3/c14-12-10(2-1-5-15-12)13(19)16-6-3-9(4-7-16)8-11(17)18/h1-2,5,9H,3-4,6-8H2,(H,17,18). The summed E-state index contributed by atoms with van der Waals surface area (Å²) in [6.07, 6.45) is 3.31. The number of carboxylic acid groups (broad SMARTS) is 1. The highest BCUT2D eigenvalue weighted by molar-refractivity contribution is 9.10. The second-order valence-corrected chi connectivity index (χ2v) is 5.43. The van der Waals surface area contributed by atoms with Crippen LogP contribution in [-0.2, 0) is 4.79 Å². The van der Waals surface area contributed by atoms with Gasteiger partial charge in [0.15, 0.2) is 0 Å². The number of amides is 1. The molecule has 0 bridgehead atoms. The molecule has 1 aliphatic rings. The summed E-state index contributed by atoms with van der Waals surface area (Å²) in [4.78, 5) is 28.7. The van der Waals surface area contributed by atoms with Crippen molar-refractivity contribution in [3.63, 3.8) is 0 Å². The fraction of sp³-hybridized carbons (Fsp3) is 0.462. The first-order valence-corrected chi connectivity index (χ1v) is 6.99. The van der Waals surface area contributed by atoms with Crippen molar-refractivity contribution in [2.45, 2.75) is 19.3 Å². The van der Waals surface area contributed by atoms with Crippen molar-refractivity contribution in [2.75, 3.05) is 13.1 Å². The van der Waals surface area contributed by atoms with Gasteiger partial charge in [-0.25, -0.2) is 4.98 Å². The highest BCUT2D eigenvalue weighted by atomic mass is 79.9. The van der Waals surface area contributed by atoms with Crippen LogP contribution in [0.15, 0.2) is 22.9 Å². The Bertz CT molecular complexity index is 485. The molecule has 5 nitrogen and oxygen atoms in total. The van der Waals surface area contributed by atoms with Crippen LogP contribution in [0.4, 0.5) is 0 Å². The molecule has 6 heteroatoms. The Balaban J connectivity index is 1.96. The minimum absolute atomic E-state index is 0.0475. The molecule has 1 N–H and O–H groups in total. The molecular weight excluding hydrogens is 312 g/mol. The molecule has 1 saturated heterocycles. The number of nitrogens with zero attached hydrogens (tertiary/aromatic N) is 2. The zero-order valence-corrected chi connectivity index (χ0v) is 12.0. The van der Waals surface area contributed by atoms with Crippen molar-refractivity contribution in [1.82, 2.24) is 9.88 Å². The summed E-state index contributed by atoms with van der Waals surface area (Å²) < 4.78 is 0.549. The summed E-state index contributed by atoms with van der Waals surface area (Å²) in [6.45, 7) is 1.22. The van der Waals surface area contributed by atoms with E-state index in [1.807, 2.05) is 0 Å². The molecule has 1 aromatic heterocycles. The van der Waals surface area contributed by atoms with Gasteiger partial charge in [0.1, 0.15) is 4.60 Å². The summed E-state index contributed by atoms with van der Waals surface area (Å²) in [5, 5.41) is 8.76. The number of carbonyl (C=O) groups is 2. The van der Waals surface area contributed by atoms with Crippen LogP contribution >= 0.6 is 15.9 Å². The molecule has 2 rings (SSSR count). The van der Waals surface area contributed by atoms with Crippen LogP contribution < -0.4 is 0 Å². The van der Waals surface area contributed by atoms with Gasteiger partial charge in [-0.1, -0.05) is 0 Å². The van der Waals surface area contributed by atoms with E-state index in [1.54, 1.807) is 23.2 Å². The normalized spacial score (nSPS) is 16.4. The molecule has 0 spiro atoms. The molecular formula is C13H15BrN2O3.